The van der Waals surface area contributed by atoms with Crippen LogP contribution in [0.15, 0.2) is 35.5 Å². The Morgan fingerprint density at radius 3 is 2.54 bits per heavy atom. The van der Waals surface area contributed by atoms with E-state index >= 15 is 0 Å². The van der Waals surface area contributed by atoms with Crippen molar-refractivity contribution >= 4 is 34.9 Å². The molecule has 2 saturated heterocycles. The van der Waals surface area contributed by atoms with Crippen LogP contribution < -0.4 is 15.8 Å². The number of aliphatic imine (C=N–C) groups is 1. The number of carbonyl (C=O) groups is 2. The van der Waals surface area contributed by atoms with E-state index in [1.807, 2.05) is 13.8 Å². The molecule has 1 amide bonds. The van der Waals surface area contributed by atoms with Crippen molar-refractivity contribution < 1.29 is 33.0 Å². The number of carbonyl (C=O) groups excluding carboxylic acids is 1. The molecule has 0 aliphatic carbocycles. The first-order valence-electron chi connectivity index (χ1n) is 13.1. The first-order chi connectivity index (χ1) is 18.5. The summed E-state index contributed by atoms with van der Waals surface area (Å²) in [6, 6.07) is 4.08. The van der Waals surface area contributed by atoms with E-state index in [4.69, 9.17) is 27.1 Å². The molecule has 2 aliphatic heterocycles. The number of nitrogens with zero attached hydrogens (tertiary/aromatic N) is 2. The average Bonchev–Trinajstić information content (AvgIpc) is 2.89. The lowest BCUT2D eigenvalue weighted by Gasteiger charge is -2.40. The molecule has 2 heterocycles. The summed E-state index contributed by atoms with van der Waals surface area (Å²) in [5, 5.41) is 12.8. The van der Waals surface area contributed by atoms with Crippen LogP contribution in [0.1, 0.15) is 39.5 Å². The van der Waals surface area contributed by atoms with Gasteiger partial charge >= 0.3 is 12.6 Å². The van der Waals surface area contributed by atoms with Gasteiger partial charge in [0.1, 0.15) is 5.54 Å². The highest BCUT2D eigenvalue weighted by Crippen LogP contribution is 2.35. The molecule has 0 saturated carbocycles. The molecule has 2 aliphatic rings. The second kappa shape index (κ2) is 14.0. The second-order valence-corrected chi connectivity index (χ2v) is 10.7. The standard InChI is InChI=1S/C27H37ClF2N4O5/c1-17(2)21(5-10-31)33-27(25(37)32-22-4-3-19(28)15-23(22)39-26(29)30)8-11-34(12-9-27)16-20(24(35)36)18-6-13-38-14-7-18/h3-5,10,15,17-18,20,26H,6-9,11-14,16,31H2,1-2H3,(H,32,37)(H,35,36)/b10-5-,33-21?/t20-/m1/s1. The van der Waals surface area contributed by atoms with Gasteiger partial charge in [0, 0.05) is 49.6 Å². The molecule has 3 rings (SSSR count). The third-order valence-corrected chi connectivity index (χ3v) is 7.56. The number of piperidine rings is 1. The van der Waals surface area contributed by atoms with Crippen LogP contribution in [0.5, 0.6) is 5.75 Å². The molecule has 216 valence electrons. The molecule has 0 bridgehead atoms. The van der Waals surface area contributed by atoms with Crippen molar-refractivity contribution in [2.24, 2.45) is 28.5 Å². The summed E-state index contributed by atoms with van der Waals surface area (Å²) in [7, 11) is 0. The van der Waals surface area contributed by atoms with Gasteiger partial charge in [-0.25, -0.2) is 0 Å². The summed E-state index contributed by atoms with van der Waals surface area (Å²) in [4.78, 5) is 32.8. The molecule has 0 radical (unpaired) electrons. The van der Waals surface area contributed by atoms with E-state index < -0.39 is 29.9 Å². The fourth-order valence-corrected chi connectivity index (χ4v) is 5.22. The Labute approximate surface area is 232 Å². The van der Waals surface area contributed by atoms with Crippen molar-refractivity contribution in [1.82, 2.24) is 4.90 Å². The van der Waals surface area contributed by atoms with Gasteiger partial charge in [0.05, 0.1) is 11.6 Å². The van der Waals surface area contributed by atoms with E-state index in [1.54, 1.807) is 6.08 Å². The van der Waals surface area contributed by atoms with Crippen molar-refractivity contribution in [3.63, 3.8) is 0 Å². The van der Waals surface area contributed by atoms with Crippen molar-refractivity contribution in [3.05, 3.63) is 35.5 Å². The van der Waals surface area contributed by atoms with Gasteiger partial charge in [0.2, 0.25) is 0 Å². The summed E-state index contributed by atoms with van der Waals surface area (Å²) in [6.45, 7) is 3.10. The zero-order chi connectivity index (χ0) is 28.6. The van der Waals surface area contributed by atoms with Gasteiger partial charge in [0.25, 0.3) is 5.91 Å². The normalized spacial score (nSPS) is 19.9. The topological polar surface area (TPSA) is 126 Å². The molecule has 1 aromatic carbocycles. The predicted octanol–water partition coefficient (Wildman–Crippen LogP) is 4.41. The number of aliphatic carboxylic acids is 1. The van der Waals surface area contributed by atoms with E-state index in [0.29, 0.717) is 64.2 Å². The van der Waals surface area contributed by atoms with E-state index in [9.17, 15) is 23.5 Å². The van der Waals surface area contributed by atoms with Crippen molar-refractivity contribution in [3.8, 4) is 5.75 Å². The van der Waals surface area contributed by atoms with Crippen LogP contribution >= 0.6 is 11.6 Å². The van der Waals surface area contributed by atoms with Gasteiger partial charge < -0.3 is 30.5 Å². The number of halogens is 3. The number of alkyl halides is 2. The SMILES string of the molecule is CC(C)C(/C=C\N)=NC1(C(=O)Nc2ccc(Cl)cc2OC(F)F)CCN(C[C@@H](C(=O)O)C2CCOCC2)CC1. The number of hydrogen-bond acceptors (Lipinski definition) is 7. The molecule has 4 N–H and O–H groups in total. The molecule has 12 heteroatoms. The smallest absolute Gasteiger partial charge is 0.387 e. The number of benzene rings is 1. The summed E-state index contributed by atoms with van der Waals surface area (Å²) >= 11 is 5.95. The zero-order valence-corrected chi connectivity index (χ0v) is 23.0. The number of anilines is 1. The lowest BCUT2D eigenvalue weighted by Crippen LogP contribution is -2.52. The molecule has 1 atom stereocenters. The fourth-order valence-electron chi connectivity index (χ4n) is 5.06. The maximum absolute atomic E-state index is 13.8. The number of carboxylic acid groups (broad SMARTS) is 1. The summed E-state index contributed by atoms with van der Waals surface area (Å²) in [5.41, 5.74) is 5.08. The Morgan fingerprint density at radius 1 is 1.31 bits per heavy atom. The molecule has 39 heavy (non-hydrogen) atoms. The van der Waals surface area contributed by atoms with Gasteiger partial charge in [-0.15, -0.1) is 0 Å². The molecule has 2 fully saturated rings. The minimum absolute atomic E-state index is 0.0321. The number of ether oxygens (including phenoxy) is 2. The number of nitrogens with two attached hydrogens (primary N) is 1. The van der Waals surface area contributed by atoms with Crippen molar-refractivity contribution in [2.75, 3.05) is 38.2 Å². The number of hydrogen-bond donors (Lipinski definition) is 3. The quantitative estimate of drug-likeness (QED) is 0.336. The van der Waals surface area contributed by atoms with Crippen LogP contribution in [0, 0.1) is 17.8 Å². The third-order valence-electron chi connectivity index (χ3n) is 7.32. The largest absolute Gasteiger partial charge is 0.481 e. The van der Waals surface area contributed by atoms with E-state index in [1.165, 1.54) is 24.4 Å². The number of likely N-dealkylation sites (tertiary alicyclic amines) is 1. The van der Waals surface area contributed by atoms with Crippen LogP contribution in [0.2, 0.25) is 5.02 Å². The van der Waals surface area contributed by atoms with Crippen molar-refractivity contribution in [1.29, 1.82) is 0 Å². The average molecular weight is 571 g/mol. The van der Waals surface area contributed by atoms with E-state index in [0.717, 1.165) is 0 Å². The Hall–Kier alpha value is -2.76. The lowest BCUT2D eigenvalue weighted by molar-refractivity contribution is -0.146. The van der Waals surface area contributed by atoms with Gasteiger partial charge in [-0.05, 0) is 61.9 Å². The van der Waals surface area contributed by atoms with Gasteiger partial charge in [-0.2, -0.15) is 8.78 Å². The van der Waals surface area contributed by atoms with E-state index in [2.05, 4.69) is 15.0 Å². The molecular weight excluding hydrogens is 534 g/mol. The van der Waals surface area contributed by atoms with Crippen LogP contribution in [0.25, 0.3) is 0 Å². The Morgan fingerprint density at radius 2 is 1.97 bits per heavy atom. The number of amides is 1. The third kappa shape index (κ3) is 8.36. The number of rotatable bonds is 11. The van der Waals surface area contributed by atoms with Gasteiger partial charge in [-0.3, -0.25) is 14.6 Å². The minimum atomic E-state index is -3.10. The van der Waals surface area contributed by atoms with Crippen LogP contribution in [-0.2, 0) is 14.3 Å². The minimum Gasteiger partial charge on any atom is -0.481 e. The summed E-state index contributed by atoms with van der Waals surface area (Å²) in [5.74, 6) is -2.11. The first kappa shape index (κ1) is 30.8. The number of nitrogens with one attached hydrogen (secondary N) is 1. The maximum atomic E-state index is 13.8. The number of carboxylic acids is 1. The molecule has 1 aromatic rings. The Balaban J connectivity index is 1.85. The fraction of sp³-hybridized carbons (Fsp3) is 0.593. The maximum Gasteiger partial charge on any atom is 0.387 e. The highest BCUT2D eigenvalue weighted by Gasteiger charge is 2.43. The van der Waals surface area contributed by atoms with Crippen LogP contribution in [0.4, 0.5) is 14.5 Å². The lowest BCUT2D eigenvalue weighted by atomic mass is 9.83. The highest BCUT2D eigenvalue weighted by atomic mass is 35.5. The van der Waals surface area contributed by atoms with Crippen molar-refractivity contribution in [2.45, 2.75) is 51.7 Å². The first-order valence-corrected chi connectivity index (χ1v) is 13.5. The predicted molar refractivity (Wildman–Crippen MR) is 145 cm³/mol. The monoisotopic (exact) mass is 570 g/mol. The summed E-state index contributed by atoms with van der Waals surface area (Å²) in [6.07, 6.45) is 5.01. The number of allylic oxidation sites excluding steroid dienone is 1. The van der Waals surface area contributed by atoms with Crippen LogP contribution in [-0.4, -0.2) is 72.6 Å². The molecular formula is C27H37ClF2N4O5. The Kier molecular flexibility index (Phi) is 11.1. The molecule has 0 aromatic heterocycles. The summed E-state index contributed by atoms with van der Waals surface area (Å²) < 4.78 is 36.0. The molecule has 0 spiro atoms. The molecule has 0 unspecified atom stereocenters. The van der Waals surface area contributed by atoms with Crippen LogP contribution in [0.3, 0.4) is 0 Å². The second-order valence-electron chi connectivity index (χ2n) is 10.3. The zero-order valence-electron chi connectivity index (χ0n) is 22.2. The highest BCUT2D eigenvalue weighted by molar-refractivity contribution is 6.30. The van der Waals surface area contributed by atoms with E-state index in [-0.39, 0.29) is 28.3 Å². The Bertz CT molecular complexity index is 1050. The molecule has 9 nitrogen and oxygen atoms in total. The van der Waals surface area contributed by atoms with Gasteiger partial charge in [-0.1, -0.05) is 25.4 Å². The van der Waals surface area contributed by atoms with Gasteiger partial charge in [0.15, 0.2) is 5.75 Å².